The maximum Gasteiger partial charge on any atom is 0.318 e. The van der Waals surface area contributed by atoms with Gasteiger partial charge in [0.05, 0.1) is 13.3 Å². The molecule has 0 radical (unpaired) electrons. The first-order valence-corrected chi connectivity index (χ1v) is 6.62. The summed E-state index contributed by atoms with van der Waals surface area (Å²) in [6, 6.07) is 0.363. The Labute approximate surface area is 108 Å². The number of methoxy groups -OCH3 is 1. The van der Waals surface area contributed by atoms with Crippen molar-refractivity contribution >= 4 is 33.3 Å². The second-order valence-corrected chi connectivity index (χ2v) is 4.84. The summed E-state index contributed by atoms with van der Waals surface area (Å²) in [5.41, 5.74) is 0. The Balaban J connectivity index is 2.20. The zero-order valence-corrected chi connectivity index (χ0v) is 11.3. The van der Waals surface area contributed by atoms with Gasteiger partial charge in [0.1, 0.15) is 5.02 Å². The van der Waals surface area contributed by atoms with Crippen molar-refractivity contribution in [3.63, 3.8) is 0 Å². The van der Waals surface area contributed by atoms with Crippen LogP contribution in [0, 0.1) is 5.92 Å². The van der Waals surface area contributed by atoms with E-state index in [0.29, 0.717) is 17.0 Å². The third-order valence-electron chi connectivity index (χ3n) is 2.69. The van der Waals surface area contributed by atoms with Crippen molar-refractivity contribution in [2.24, 2.45) is 5.92 Å². The summed E-state index contributed by atoms with van der Waals surface area (Å²) in [5, 5.41) is 1.60. The van der Waals surface area contributed by atoms with Crippen LogP contribution in [0.15, 0.2) is 6.20 Å². The van der Waals surface area contributed by atoms with Crippen LogP contribution >= 0.6 is 27.5 Å². The molecule has 1 aromatic rings. The Hall–Kier alpha value is -0.550. The molecular weight excluding hydrogens is 293 g/mol. The summed E-state index contributed by atoms with van der Waals surface area (Å²) >= 11 is 9.60. The van der Waals surface area contributed by atoms with Gasteiger partial charge in [-0.25, -0.2) is 4.98 Å². The van der Waals surface area contributed by atoms with Crippen molar-refractivity contribution in [1.29, 1.82) is 0 Å². The van der Waals surface area contributed by atoms with Crippen LogP contribution in [0.3, 0.4) is 0 Å². The molecule has 1 aliphatic heterocycles. The first-order chi connectivity index (χ1) is 7.74. The zero-order chi connectivity index (χ0) is 11.5. The Bertz CT molecular complexity index is 377. The van der Waals surface area contributed by atoms with Crippen LogP contribution in [0.5, 0.6) is 6.01 Å². The summed E-state index contributed by atoms with van der Waals surface area (Å²) in [7, 11) is 1.55. The number of alkyl halides is 1. The van der Waals surface area contributed by atoms with Crippen LogP contribution in [-0.4, -0.2) is 35.5 Å². The van der Waals surface area contributed by atoms with E-state index in [1.54, 1.807) is 13.3 Å². The van der Waals surface area contributed by atoms with Crippen LogP contribution in [0.2, 0.25) is 5.02 Å². The van der Waals surface area contributed by atoms with Crippen LogP contribution in [0.4, 0.5) is 5.82 Å². The first-order valence-electron chi connectivity index (χ1n) is 5.12. The molecule has 0 N–H and O–H groups in total. The number of aromatic nitrogens is 2. The summed E-state index contributed by atoms with van der Waals surface area (Å²) in [5.74, 6) is 1.44. The highest BCUT2D eigenvalue weighted by Crippen LogP contribution is 2.29. The van der Waals surface area contributed by atoms with Crippen LogP contribution < -0.4 is 9.64 Å². The van der Waals surface area contributed by atoms with Crippen molar-refractivity contribution in [1.82, 2.24) is 9.97 Å². The van der Waals surface area contributed by atoms with E-state index in [4.69, 9.17) is 16.3 Å². The molecule has 2 rings (SSSR count). The summed E-state index contributed by atoms with van der Waals surface area (Å²) in [6.07, 6.45) is 2.75. The largest absolute Gasteiger partial charge is 0.467 e. The molecule has 1 atom stereocenters. The van der Waals surface area contributed by atoms with E-state index in [-0.39, 0.29) is 0 Å². The number of nitrogens with zero attached hydrogens (tertiary/aromatic N) is 3. The Morgan fingerprint density at radius 1 is 1.69 bits per heavy atom. The molecule has 0 bridgehead atoms. The number of rotatable bonds is 3. The summed E-state index contributed by atoms with van der Waals surface area (Å²) in [4.78, 5) is 10.4. The highest BCUT2D eigenvalue weighted by atomic mass is 79.9. The molecule has 0 aromatic carbocycles. The first kappa shape index (κ1) is 11.9. The van der Waals surface area contributed by atoms with Crippen LogP contribution in [0.1, 0.15) is 6.42 Å². The summed E-state index contributed by atoms with van der Waals surface area (Å²) in [6.45, 7) is 1.96. The minimum atomic E-state index is 0.363. The van der Waals surface area contributed by atoms with Gasteiger partial charge in [0.15, 0.2) is 5.82 Å². The topological polar surface area (TPSA) is 38.2 Å². The third kappa shape index (κ3) is 2.40. The second kappa shape index (κ2) is 5.19. The number of hydrogen-bond donors (Lipinski definition) is 0. The Morgan fingerprint density at radius 2 is 2.50 bits per heavy atom. The fourth-order valence-electron chi connectivity index (χ4n) is 1.81. The van der Waals surface area contributed by atoms with E-state index in [2.05, 4.69) is 30.8 Å². The molecule has 1 unspecified atom stereocenters. The average Bonchev–Trinajstić information content (AvgIpc) is 2.78. The van der Waals surface area contributed by atoms with Gasteiger partial charge in [-0.1, -0.05) is 27.5 Å². The molecular formula is C10H13BrClN3O. The van der Waals surface area contributed by atoms with Gasteiger partial charge in [0.25, 0.3) is 0 Å². The standard InChI is InChI=1S/C10H13BrClN3O/c1-16-10-13-5-8(12)9(14-10)15-3-2-7(4-11)6-15/h5,7H,2-4,6H2,1H3. The van der Waals surface area contributed by atoms with Gasteiger partial charge in [0, 0.05) is 18.4 Å². The molecule has 1 saturated heterocycles. The third-order valence-corrected chi connectivity index (χ3v) is 3.87. The van der Waals surface area contributed by atoms with Gasteiger partial charge in [0.2, 0.25) is 0 Å². The van der Waals surface area contributed by atoms with Crippen molar-refractivity contribution in [2.75, 3.05) is 30.4 Å². The monoisotopic (exact) mass is 305 g/mol. The number of ether oxygens (including phenoxy) is 1. The van der Waals surface area contributed by atoms with E-state index in [1.807, 2.05) is 0 Å². The molecule has 6 heteroatoms. The molecule has 88 valence electrons. The van der Waals surface area contributed by atoms with E-state index < -0.39 is 0 Å². The lowest BCUT2D eigenvalue weighted by molar-refractivity contribution is 0.380. The molecule has 1 fully saturated rings. The fourth-order valence-corrected chi connectivity index (χ4v) is 2.55. The minimum Gasteiger partial charge on any atom is -0.467 e. The van der Waals surface area contributed by atoms with Gasteiger partial charge in [-0.05, 0) is 12.3 Å². The fraction of sp³-hybridized carbons (Fsp3) is 0.600. The molecule has 2 heterocycles. The predicted molar refractivity (Wildman–Crippen MR) is 67.7 cm³/mol. The maximum atomic E-state index is 6.09. The normalized spacial score (nSPS) is 20.2. The van der Waals surface area contributed by atoms with E-state index in [0.717, 1.165) is 30.7 Å². The number of anilines is 1. The molecule has 1 aliphatic rings. The van der Waals surface area contributed by atoms with E-state index in [1.165, 1.54) is 0 Å². The van der Waals surface area contributed by atoms with Gasteiger partial charge in [-0.2, -0.15) is 4.98 Å². The summed E-state index contributed by atoms with van der Waals surface area (Å²) < 4.78 is 5.01. The quantitative estimate of drug-likeness (QED) is 0.804. The molecule has 1 aromatic heterocycles. The Kier molecular flexibility index (Phi) is 3.86. The smallest absolute Gasteiger partial charge is 0.318 e. The predicted octanol–water partition coefficient (Wildman–Crippen LogP) is 2.36. The molecule has 0 spiro atoms. The van der Waals surface area contributed by atoms with Crippen molar-refractivity contribution in [3.05, 3.63) is 11.2 Å². The highest BCUT2D eigenvalue weighted by Gasteiger charge is 2.24. The lowest BCUT2D eigenvalue weighted by Crippen LogP contribution is -2.21. The van der Waals surface area contributed by atoms with Crippen LogP contribution in [0.25, 0.3) is 0 Å². The van der Waals surface area contributed by atoms with Gasteiger partial charge < -0.3 is 9.64 Å². The Morgan fingerprint density at radius 3 is 3.12 bits per heavy atom. The van der Waals surface area contributed by atoms with Gasteiger partial charge in [-0.15, -0.1) is 0 Å². The van der Waals surface area contributed by atoms with Crippen molar-refractivity contribution in [3.8, 4) is 6.01 Å². The lowest BCUT2D eigenvalue weighted by atomic mass is 10.2. The van der Waals surface area contributed by atoms with E-state index >= 15 is 0 Å². The minimum absolute atomic E-state index is 0.363. The number of halogens is 2. The molecule has 16 heavy (non-hydrogen) atoms. The maximum absolute atomic E-state index is 6.09. The van der Waals surface area contributed by atoms with Crippen LogP contribution in [-0.2, 0) is 0 Å². The van der Waals surface area contributed by atoms with Gasteiger partial charge >= 0.3 is 6.01 Å². The second-order valence-electron chi connectivity index (χ2n) is 3.78. The van der Waals surface area contributed by atoms with Gasteiger partial charge in [-0.3, -0.25) is 0 Å². The van der Waals surface area contributed by atoms with Crippen molar-refractivity contribution < 1.29 is 4.74 Å². The highest BCUT2D eigenvalue weighted by molar-refractivity contribution is 9.09. The number of hydrogen-bond acceptors (Lipinski definition) is 4. The molecule has 4 nitrogen and oxygen atoms in total. The lowest BCUT2D eigenvalue weighted by Gasteiger charge is -2.18. The van der Waals surface area contributed by atoms with E-state index in [9.17, 15) is 0 Å². The van der Waals surface area contributed by atoms with Crippen molar-refractivity contribution in [2.45, 2.75) is 6.42 Å². The SMILES string of the molecule is COc1ncc(Cl)c(N2CCC(CBr)C2)n1. The molecule has 0 amide bonds. The zero-order valence-electron chi connectivity index (χ0n) is 8.99. The average molecular weight is 307 g/mol. The molecule has 0 aliphatic carbocycles. The molecule has 0 saturated carbocycles.